The van der Waals surface area contributed by atoms with Crippen LogP contribution < -0.4 is 5.56 Å². The van der Waals surface area contributed by atoms with Gasteiger partial charge in [-0.1, -0.05) is 24.3 Å². The van der Waals surface area contributed by atoms with E-state index in [9.17, 15) is 9.90 Å². The van der Waals surface area contributed by atoms with Crippen LogP contribution in [-0.4, -0.2) is 15.3 Å². The molecule has 0 aliphatic heterocycles. The highest BCUT2D eigenvalue weighted by Gasteiger charge is 2.14. The van der Waals surface area contributed by atoms with Gasteiger partial charge in [-0.05, 0) is 40.2 Å². The molecule has 3 N–H and O–H groups in total. The van der Waals surface area contributed by atoms with Crippen molar-refractivity contribution < 1.29 is 5.11 Å². The van der Waals surface area contributed by atoms with Crippen LogP contribution in [0.3, 0.4) is 0 Å². The standard InChI is InChI=1S/C15H11BrN4O2/c16-10-6-2-3-7-11(10)17-19-14-13(18-20-15(14)22)9-5-1-4-8-12(9)21/h1-8,21H,(H2,18,20,22). The number of aromatic amines is 2. The lowest BCUT2D eigenvalue weighted by atomic mass is 10.1. The van der Waals surface area contributed by atoms with Crippen LogP contribution in [0.25, 0.3) is 11.3 Å². The smallest absolute Gasteiger partial charge is 0.292 e. The van der Waals surface area contributed by atoms with Gasteiger partial charge in [0.1, 0.15) is 5.75 Å². The molecule has 3 rings (SSSR count). The fourth-order valence-corrected chi connectivity index (χ4v) is 2.33. The van der Waals surface area contributed by atoms with Crippen molar-refractivity contribution >= 4 is 27.3 Å². The van der Waals surface area contributed by atoms with Crippen LogP contribution in [0, 0.1) is 0 Å². The van der Waals surface area contributed by atoms with E-state index in [1.807, 2.05) is 18.2 Å². The van der Waals surface area contributed by atoms with Crippen molar-refractivity contribution in [2.24, 2.45) is 10.2 Å². The summed E-state index contributed by atoms with van der Waals surface area (Å²) in [6.07, 6.45) is 0. The third-order valence-electron chi connectivity index (χ3n) is 3.04. The molecule has 110 valence electrons. The van der Waals surface area contributed by atoms with Gasteiger partial charge >= 0.3 is 0 Å². The zero-order valence-electron chi connectivity index (χ0n) is 11.2. The molecule has 0 radical (unpaired) electrons. The van der Waals surface area contributed by atoms with E-state index in [4.69, 9.17) is 0 Å². The average molecular weight is 359 g/mol. The first-order valence-corrected chi connectivity index (χ1v) is 7.21. The van der Waals surface area contributed by atoms with Gasteiger partial charge < -0.3 is 5.11 Å². The monoisotopic (exact) mass is 358 g/mol. The predicted octanol–water partition coefficient (Wildman–Crippen LogP) is 4.25. The van der Waals surface area contributed by atoms with Crippen molar-refractivity contribution in [2.45, 2.75) is 0 Å². The van der Waals surface area contributed by atoms with E-state index in [1.165, 1.54) is 6.07 Å². The fraction of sp³-hybridized carbons (Fsp3) is 0. The first-order chi connectivity index (χ1) is 10.7. The third kappa shape index (κ3) is 2.71. The second kappa shape index (κ2) is 5.98. The summed E-state index contributed by atoms with van der Waals surface area (Å²) in [7, 11) is 0. The molecular weight excluding hydrogens is 348 g/mol. The molecule has 0 amide bonds. The number of nitrogens with zero attached hydrogens (tertiary/aromatic N) is 2. The van der Waals surface area contributed by atoms with Gasteiger partial charge in [-0.25, -0.2) is 0 Å². The van der Waals surface area contributed by atoms with E-state index in [0.29, 0.717) is 16.9 Å². The Morgan fingerprint density at radius 1 is 0.955 bits per heavy atom. The summed E-state index contributed by atoms with van der Waals surface area (Å²) < 4.78 is 0.773. The summed E-state index contributed by atoms with van der Waals surface area (Å²) in [5, 5.41) is 23.2. The summed E-state index contributed by atoms with van der Waals surface area (Å²) >= 11 is 3.37. The lowest BCUT2D eigenvalue weighted by molar-refractivity contribution is 0.477. The third-order valence-corrected chi connectivity index (χ3v) is 3.71. The van der Waals surface area contributed by atoms with Crippen molar-refractivity contribution in [1.29, 1.82) is 0 Å². The number of phenolic OH excluding ortho intramolecular Hbond substituents is 1. The fourth-order valence-electron chi connectivity index (χ4n) is 1.96. The van der Waals surface area contributed by atoms with Crippen LogP contribution in [0.2, 0.25) is 0 Å². The molecule has 2 aromatic carbocycles. The van der Waals surface area contributed by atoms with Gasteiger partial charge in [-0.2, -0.15) is 0 Å². The van der Waals surface area contributed by atoms with Crippen molar-refractivity contribution in [3.63, 3.8) is 0 Å². The van der Waals surface area contributed by atoms with Crippen molar-refractivity contribution in [1.82, 2.24) is 10.2 Å². The minimum absolute atomic E-state index is 0.0510. The predicted molar refractivity (Wildman–Crippen MR) is 86.8 cm³/mol. The van der Waals surface area contributed by atoms with E-state index in [0.717, 1.165) is 4.47 Å². The molecule has 0 bridgehead atoms. The lowest BCUT2D eigenvalue weighted by Crippen LogP contribution is -1.96. The number of H-pyrrole nitrogens is 2. The lowest BCUT2D eigenvalue weighted by Gasteiger charge is -2.01. The molecule has 1 aromatic heterocycles. The zero-order chi connectivity index (χ0) is 15.5. The Morgan fingerprint density at radius 2 is 1.68 bits per heavy atom. The van der Waals surface area contributed by atoms with Gasteiger partial charge in [0.25, 0.3) is 5.56 Å². The molecule has 0 unspecified atom stereocenters. The molecular formula is C15H11BrN4O2. The van der Waals surface area contributed by atoms with E-state index in [2.05, 4.69) is 36.4 Å². The molecule has 0 fully saturated rings. The molecule has 0 aliphatic carbocycles. The van der Waals surface area contributed by atoms with E-state index < -0.39 is 5.56 Å². The summed E-state index contributed by atoms with van der Waals surface area (Å²) in [4.78, 5) is 11.9. The topological polar surface area (TPSA) is 93.6 Å². The number of rotatable bonds is 3. The second-order valence-electron chi connectivity index (χ2n) is 4.47. The van der Waals surface area contributed by atoms with Crippen molar-refractivity contribution in [3.8, 4) is 17.0 Å². The summed E-state index contributed by atoms with van der Waals surface area (Å²) in [6, 6.07) is 14.0. The van der Waals surface area contributed by atoms with Gasteiger partial charge in [-0.15, -0.1) is 10.2 Å². The SMILES string of the molecule is O=c1[nH][nH]c(-c2ccccc2O)c1N=Nc1ccccc1Br. The average Bonchev–Trinajstić information content (AvgIpc) is 2.88. The number of hydrogen-bond acceptors (Lipinski definition) is 4. The highest BCUT2D eigenvalue weighted by Crippen LogP contribution is 2.33. The van der Waals surface area contributed by atoms with Crippen molar-refractivity contribution in [3.05, 3.63) is 63.4 Å². The minimum Gasteiger partial charge on any atom is -0.507 e. The van der Waals surface area contributed by atoms with Crippen LogP contribution in [0.1, 0.15) is 0 Å². The molecule has 0 aliphatic rings. The Balaban J connectivity index is 2.06. The number of aromatic hydroxyl groups is 1. The van der Waals surface area contributed by atoms with Gasteiger partial charge in [0, 0.05) is 10.0 Å². The number of phenols is 1. The van der Waals surface area contributed by atoms with E-state index in [1.54, 1.807) is 24.3 Å². The highest BCUT2D eigenvalue weighted by molar-refractivity contribution is 9.10. The van der Waals surface area contributed by atoms with Crippen LogP contribution in [0.5, 0.6) is 5.75 Å². The maximum absolute atomic E-state index is 11.9. The molecule has 0 atom stereocenters. The molecule has 1 heterocycles. The van der Waals surface area contributed by atoms with Gasteiger partial charge in [0.15, 0.2) is 5.69 Å². The summed E-state index contributed by atoms with van der Waals surface area (Å²) in [5.41, 5.74) is 1.17. The maximum atomic E-state index is 11.9. The summed E-state index contributed by atoms with van der Waals surface area (Å²) in [6.45, 7) is 0. The van der Waals surface area contributed by atoms with Gasteiger partial charge in [0.2, 0.25) is 0 Å². The number of nitrogens with one attached hydrogen (secondary N) is 2. The van der Waals surface area contributed by atoms with Crippen LogP contribution in [0.15, 0.2) is 68.0 Å². The molecule has 22 heavy (non-hydrogen) atoms. The molecule has 0 saturated carbocycles. The molecule has 7 heteroatoms. The number of para-hydroxylation sites is 1. The summed E-state index contributed by atoms with van der Waals surface area (Å²) in [5.74, 6) is 0.0510. The number of halogens is 1. The largest absolute Gasteiger partial charge is 0.507 e. The zero-order valence-corrected chi connectivity index (χ0v) is 12.8. The number of aromatic nitrogens is 2. The number of benzene rings is 2. The molecule has 0 saturated heterocycles. The van der Waals surface area contributed by atoms with Crippen molar-refractivity contribution in [2.75, 3.05) is 0 Å². The Bertz CT molecular complexity index is 898. The normalized spacial score (nSPS) is 11.1. The Morgan fingerprint density at radius 3 is 2.45 bits per heavy atom. The maximum Gasteiger partial charge on any atom is 0.292 e. The number of hydrogen-bond donors (Lipinski definition) is 3. The highest BCUT2D eigenvalue weighted by atomic mass is 79.9. The Kier molecular flexibility index (Phi) is 3.88. The minimum atomic E-state index is -0.408. The second-order valence-corrected chi connectivity index (χ2v) is 5.33. The molecule has 6 nitrogen and oxygen atoms in total. The van der Waals surface area contributed by atoms with Gasteiger partial charge in [-0.3, -0.25) is 15.0 Å². The first-order valence-electron chi connectivity index (χ1n) is 6.42. The van der Waals surface area contributed by atoms with Crippen LogP contribution >= 0.6 is 15.9 Å². The molecule has 0 spiro atoms. The van der Waals surface area contributed by atoms with E-state index >= 15 is 0 Å². The van der Waals surface area contributed by atoms with Crippen LogP contribution in [-0.2, 0) is 0 Å². The van der Waals surface area contributed by atoms with Gasteiger partial charge in [0.05, 0.1) is 11.4 Å². The Hall–Kier alpha value is -2.67. The van der Waals surface area contributed by atoms with Crippen LogP contribution in [0.4, 0.5) is 11.4 Å². The Labute approximate surface area is 133 Å². The number of azo groups is 1. The first kappa shape index (κ1) is 14.3. The molecule has 3 aromatic rings. The quantitative estimate of drug-likeness (QED) is 0.610. The van der Waals surface area contributed by atoms with E-state index in [-0.39, 0.29) is 11.4 Å².